The minimum Gasteiger partial charge on any atom is -0.263 e. The monoisotopic (exact) mass is 209 g/mol. The lowest BCUT2D eigenvalue weighted by molar-refractivity contribution is 1.29. The molecule has 0 N–H and O–H groups in total. The quantitative estimate of drug-likeness (QED) is 0.730. The summed E-state index contributed by atoms with van der Waals surface area (Å²) in [5, 5.41) is 0. The third kappa shape index (κ3) is 1.57. The van der Waals surface area contributed by atoms with Crippen LogP contribution in [-0.2, 0) is 0 Å². The molecule has 0 saturated heterocycles. The summed E-state index contributed by atoms with van der Waals surface area (Å²) in [6.45, 7) is 7.37. The number of halogens is 1. The number of hydrogen-bond donors (Lipinski definition) is 0. The Morgan fingerprint density at radius 2 is 2.00 bits per heavy atom. The topological polar surface area (TPSA) is 12.9 Å². The van der Waals surface area contributed by atoms with Crippen LogP contribution in [-0.4, -0.2) is 4.98 Å². The molecule has 1 heterocycles. The molecule has 1 rings (SSSR count). The highest BCUT2D eigenvalue weighted by Crippen LogP contribution is 2.20. The zero-order chi connectivity index (χ0) is 8.27. The second-order valence-electron chi connectivity index (χ2n) is 2.03. The molecule has 0 fully saturated rings. The van der Waals surface area contributed by atoms with E-state index in [0.29, 0.717) is 0 Å². The number of aromatic nitrogens is 1. The van der Waals surface area contributed by atoms with Crippen molar-refractivity contribution >= 4 is 28.1 Å². The SMILES string of the molecule is C=Cc1cncc(Br)c1C=C. The first-order valence-corrected chi connectivity index (χ1v) is 3.97. The van der Waals surface area contributed by atoms with Crippen LogP contribution in [0.5, 0.6) is 0 Å². The Labute approximate surface area is 74.6 Å². The van der Waals surface area contributed by atoms with E-state index in [1.54, 1.807) is 24.5 Å². The van der Waals surface area contributed by atoms with Crippen molar-refractivity contribution in [2.45, 2.75) is 0 Å². The fourth-order valence-corrected chi connectivity index (χ4v) is 1.35. The molecule has 1 aromatic heterocycles. The molecule has 0 aliphatic heterocycles. The molecule has 0 aromatic carbocycles. The summed E-state index contributed by atoms with van der Waals surface area (Å²) in [6.07, 6.45) is 7.04. The van der Waals surface area contributed by atoms with Gasteiger partial charge in [-0.2, -0.15) is 0 Å². The van der Waals surface area contributed by atoms with Gasteiger partial charge in [0.15, 0.2) is 0 Å². The average Bonchev–Trinajstić information content (AvgIpc) is 2.04. The van der Waals surface area contributed by atoms with E-state index in [4.69, 9.17) is 0 Å². The third-order valence-electron chi connectivity index (χ3n) is 1.39. The Hall–Kier alpha value is -0.890. The molecule has 0 aliphatic rings. The standard InChI is InChI=1S/C9H8BrN/c1-3-7-5-11-6-9(10)8(7)4-2/h3-6H,1-2H2. The molecule has 1 aromatic rings. The number of pyridine rings is 1. The van der Waals surface area contributed by atoms with Gasteiger partial charge in [0.2, 0.25) is 0 Å². The maximum absolute atomic E-state index is 4.00. The molecule has 0 bridgehead atoms. The summed E-state index contributed by atoms with van der Waals surface area (Å²) < 4.78 is 0.949. The van der Waals surface area contributed by atoms with Gasteiger partial charge in [-0.3, -0.25) is 4.98 Å². The van der Waals surface area contributed by atoms with Crippen molar-refractivity contribution < 1.29 is 0 Å². The van der Waals surface area contributed by atoms with E-state index in [-0.39, 0.29) is 0 Å². The van der Waals surface area contributed by atoms with Crippen LogP contribution in [0.2, 0.25) is 0 Å². The fraction of sp³-hybridized carbons (Fsp3) is 0. The minimum absolute atomic E-state index is 0.949. The fourth-order valence-electron chi connectivity index (χ4n) is 0.838. The molecule has 11 heavy (non-hydrogen) atoms. The normalized spacial score (nSPS) is 9.18. The Kier molecular flexibility index (Phi) is 2.60. The van der Waals surface area contributed by atoms with Crippen LogP contribution in [0.25, 0.3) is 12.2 Å². The van der Waals surface area contributed by atoms with Crippen LogP contribution in [0.1, 0.15) is 11.1 Å². The van der Waals surface area contributed by atoms with Crippen molar-refractivity contribution in [1.82, 2.24) is 4.98 Å². The van der Waals surface area contributed by atoms with Gasteiger partial charge in [-0.05, 0) is 21.5 Å². The Morgan fingerprint density at radius 3 is 2.45 bits per heavy atom. The zero-order valence-electron chi connectivity index (χ0n) is 6.05. The lowest BCUT2D eigenvalue weighted by Crippen LogP contribution is -1.83. The highest BCUT2D eigenvalue weighted by atomic mass is 79.9. The first-order chi connectivity index (χ1) is 5.29. The minimum atomic E-state index is 0.949. The lowest BCUT2D eigenvalue weighted by atomic mass is 10.1. The van der Waals surface area contributed by atoms with Crippen LogP contribution in [0.4, 0.5) is 0 Å². The molecule has 0 radical (unpaired) electrons. The van der Waals surface area contributed by atoms with E-state index in [1.165, 1.54) is 0 Å². The second-order valence-corrected chi connectivity index (χ2v) is 2.89. The molecule has 0 unspecified atom stereocenters. The Bertz CT molecular complexity index is 292. The Morgan fingerprint density at radius 1 is 1.27 bits per heavy atom. The average molecular weight is 210 g/mol. The highest BCUT2D eigenvalue weighted by Gasteiger charge is 1.98. The van der Waals surface area contributed by atoms with Crippen molar-refractivity contribution in [3.8, 4) is 0 Å². The van der Waals surface area contributed by atoms with Gasteiger partial charge in [0.25, 0.3) is 0 Å². The molecule has 1 nitrogen and oxygen atoms in total. The smallest absolute Gasteiger partial charge is 0.0436 e. The molecule has 0 aliphatic carbocycles. The van der Waals surface area contributed by atoms with E-state index in [2.05, 4.69) is 34.1 Å². The van der Waals surface area contributed by atoms with Crippen LogP contribution >= 0.6 is 15.9 Å². The van der Waals surface area contributed by atoms with Gasteiger partial charge in [-0.15, -0.1) is 0 Å². The van der Waals surface area contributed by atoms with E-state index >= 15 is 0 Å². The molecular formula is C9H8BrN. The summed E-state index contributed by atoms with van der Waals surface area (Å²) in [7, 11) is 0. The number of rotatable bonds is 2. The molecule has 0 amide bonds. The van der Waals surface area contributed by atoms with E-state index in [9.17, 15) is 0 Å². The van der Waals surface area contributed by atoms with Gasteiger partial charge in [0, 0.05) is 22.4 Å². The lowest BCUT2D eigenvalue weighted by Gasteiger charge is -2.00. The van der Waals surface area contributed by atoms with E-state index < -0.39 is 0 Å². The van der Waals surface area contributed by atoms with Gasteiger partial charge in [-0.1, -0.05) is 25.3 Å². The first-order valence-electron chi connectivity index (χ1n) is 3.18. The summed E-state index contributed by atoms with van der Waals surface area (Å²) in [6, 6.07) is 0. The van der Waals surface area contributed by atoms with Crippen LogP contribution in [0, 0.1) is 0 Å². The van der Waals surface area contributed by atoms with E-state index in [0.717, 1.165) is 15.6 Å². The molecule has 0 atom stereocenters. The Balaban J connectivity index is 3.35. The predicted octanol–water partition coefficient (Wildman–Crippen LogP) is 3.13. The summed E-state index contributed by atoms with van der Waals surface area (Å²) >= 11 is 3.37. The van der Waals surface area contributed by atoms with Gasteiger partial charge in [-0.25, -0.2) is 0 Å². The molecule has 2 heteroatoms. The molecule has 56 valence electrons. The maximum Gasteiger partial charge on any atom is 0.0436 e. The number of nitrogens with zero attached hydrogens (tertiary/aromatic N) is 1. The second kappa shape index (κ2) is 3.49. The highest BCUT2D eigenvalue weighted by molar-refractivity contribution is 9.10. The summed E-state index contributed by atoms with van der Waals surface area (Å²) in [5.41, 5.74) is 2.03. The zero-order valence-corrected chi connectivity index (χ0v) is 7.63. The summed E-state index contributed by atoms with van der Waals surface area (Å²) in [5.74, 6) is 0. The van der Waals surface area contributed by atoms with Gasteiger partial charge < -0.3 is 0 Å². The molecular weight excluding hydrogens is 202 g/mol. The largest absolute Gasteiger partial charge is 0.263 e. The van der Waals surface area contributed by atoms with Gasteiger partial charge in [0.05, 0.1) is 0 Å². The predicted molar refractivity (Wildman–Crippen MR) is 52.1 cm³/mol. The van der Waals surface area contributed by atoms with Crippen LogP contribution in [0.15, 0.2) is 30.0 Å². The van der Waals surface area contributed by atoms with Crippen molar-refractivity contribution in [2.75, 3.05) is 0 Å². The number of hydrogen-bond acceptors (Lipinski definition) is 1. The van der Waals surface area contributed by atoms with Crippen molar-refractivity contribution in [3.05, 3.63) is 41.2 Å². The molecule has 0 spiro atoms. The van der Waals surface area contributed by atoms with Crippen molar-refractivity contribution in [1.29, 1.82) is 0 Å². The van der Waals surface area contributed by atoms with Crippen molar-refractivity contribution in [3.63, 3.8) is 0 Å². The van der Waals surface area contributed by atoms with E-state index in [1.807, 2.05) is 0 Å². The maximum atomic E-state index is 4.00. The first kappa shape index (κ1) is 8.21. The van der Waals surface area contributed by atoms with Gasteiger partial charge >= 0.3 is 0 Å². The van der Waals surface area contributed by atoms with Crippen LogP contribution < -0.4 is 0 Å². The van der Waals surface area contributed by atoms with Crippen LogP contribution in [0.3, 0.4) is 0 Å². The summed E-state index contributed by atoms with van der Waals surface area (Å²) in [4.78, 5) is 4.00. The molecule has 0 saturated carbocycles. The third-order valence-corrected chi connectivity index (χ3v) is 2.03. The van der Waals surface area contributed by atoms with Crippen molar-refractivity contribution in [2.24, 2.45) is 0 Å². The van der Waals surface area contributed by atoms with Gasteiger partial charge in [0.1, 0.15) is 0 Å².